The minimum atomic E-state index is -0.222. The summed E-state index contributed by atoms with van der Waals surface area (Å²) in [7, 11) is 5.31. The largest absolute Gasteiger partial charge is 0.383 e. The van der Waals surface area contributed by atoms with Gasteiger partial charge in [0.15, 0.2) is 0 Å². The predicted octanol–water partition coefficient (Wildman–Crippen LogP) is 1.61. The van der Waals surface area contributed by atoms with Gasteiger partial charge in [0.1, 0.15) is 0 Å². The summed E-state index contributed by atoms with van der Waals surface area (Å²) in [6.45, 7) is 2.03. The van der Waals surface area contributed by atoms with Crippen LogP contribution in [0.15, 0.2) is 23.0 Å². The first-order valence-corrected chi connectivity index (χ1v) is 10.1. The van der Waals surface area contributed by atoms with Crippen LogP contribution in [-0.2, 0) is 4.74 Å². The highest BCUT2D eigenvalue weighted by Crippen LogP contribution is 2.30. The van der Waals surface area contributed by atoms with Gasteiger partial charge >= 0.3 is 0 Å². The standard InChI is InChI=1S/C19H25N5O3S/c1-23(2)19-21-10-15(17(25)20-6-8-27-3)16(22-19)13-4-7-24(11-13)18(26)14-5-9-28-12-14/h5,9-10,12-13H,4,6-8,11H2,1-3H3,(H,20,25). The van der Waals surface area contributed by atoms with Crippen LogP contribution in [-0.4, -0.2) is 74.1 Å². The van der Waals surface area contributed by atoms with Gasteiger partial charge < -0.3 is 19.9 Å². The van der Waals surface area contributed by atoms with Crippen molar-refractivity contribution < 1.29 is 14.3 Å². The summed E-state index contributed by atoms with van der Waals surface area (Å²) in [5.74, 6) is 0.343. The SMILES string of the molecule is COCCNC(=O)c1cnc(N(C)C)nc1C1CCN(C(=O)c2ccsc2)C1. The third-order valence-corrected chi connectivity index (χ3v) is 5.36. The zero-order valence-electron chi connectivity index (χ0n) is 16.3. The Bertz CT molecular complexity index is 825. The quantitative estimate of drug-likeness (QED) is 0.707. The molecule has 0 bridgehead atoms. The van der Waals surface area contributed by atoms with E-state index in [-0.39, 0.29) is 17.7 Å². The molecule has 0 saturated carbocycles. The highest BCUT2D eigenvalue weighted by molar-refractivity contribution is 7.08. The highest BCUT2D eigenvalue weighted by atomic mass is 32.1. The molecule has 1 saturated heterocycles. The Balaban J connectivity index is 1.81. The number of rotatable bonds is 7. The summed E-state index contributed by atoms with van der Waals surface area (Å²) in [6, 6.07) is 1.84. The van der Waals surface area contributed by atoms with Gasteiger partial charge in [0, 0.05) is 58.3 Å². The number of carbonyl (C=O) groups excluding carboxylic acids is 2. The van der Waals surface area contributed by atoms with Crippen LogP contribution in [0.2, 0.25) is 0 Å². The number of ether oxygens (including phenoxy) is 1. The third kappa shape index (κ3) is 4.48. The molecule has 3 heterocycles. The van der Waals surface area contributed by atoms with E-state index in [9.17, 15) is 9.59 Å². The molecule has 1 aliphatic heterocycles. The summed E-state index contributed by atoms with van der Waals surface area (Å²) in [6.07, 6.45) is 2.33. The molecule has 1 fully saturated rings. The fraction of sp³-hybridized carbons (Fsp3) is 0.474. The van der Waals surface area contributed by atoms with E-state index in [0.29, 0.717) is 49.0 Å². The molecule has 1 unspecified atom stereocenters. The molecule has 9 heteroatoms. The maximum atomic E-state index is 12.7. The normalized spacial score (nSPS) is 16.2. The second-order valence-corrected chi connectivity index (χ2v) is 7.64. The first kappa shape index (κ1) is 20.2. The molecule has 3 rings (SSSR count). The van der Waals surface area contributed by atoms with Crippen molar-refractivity contribution in [1.29, 1.82) is 0 Å². The molecule has 2 aromatic heterocycles. The number of nitrogens with one attached hydrogen (secondary N) is 1. The van der Waals surface area contributed by atoms with Crippen LogP contribution in [0.25, 0.3) is 0 Å². The molecule has 8 nitrogen and oxygen atoms in total. The molecule has 0 aromatic carbocycles. The number of aromatic nitrogens is 2. The van der Waals surface area contributed by atoms with Crippen molar-refractivity contribution in [3.63, 3.8) is 0 Å². The second kappa shape index (κ2) is 9.11. The van der Waals surface area contributed by atoms with E-state index in [4.69, 9.17) is 4.74 Å². The molecule has 1 atom stereocenters. The molecule has 150 valence electrons. The van der Waals surface area contributed by atoms with Crippen LogP contribution in [0.1, 0.15) is 38.7 Å². The second-order valence-electron chi connectivity index (χ2n) is 6.86. The number of methoxy groups -OCH3 is 1. The number of amides is 2. The first-order chi connectivity index (χ1) is 13.5. The van der Waals surface area contributed by atoms with Gasteiger partial charge in [-0.25, -0.2) is 9.97 Å². The van der Waals surface area contributed by atoms with Crippen LogP contribution in [0, 0.1) is 0 Å². The lowest BCUT2D eigenvalue weighted by Crippen LogP contribution is -2.30. The van der Waals surface area contributed by atoms with Crippen molar-refractivity contribution in [2.24, 2.45) is 0 Å². The maximum Gasteiger partial charge on any atom is 0.254 e. The van der Waals surface area contributed by atoms with E-state index >= 15 is 0 Å². The van der Waals surface area contributed by atoms with Crippen molar-refractivity contribution in [2.75, 3.05) is 52.3 Å². The Labute approximate surface area is 168 Å². The zero-order valence-corrected chi connectivity index (χ0v) is 17.2. The summed E-state index contributed by atoms with van der Waals surface area (Å²) in [4.78, 5) is 37.9. The van der Waals surface area contributed by atoms with E-state index in [2.05, 4.69) is 15.3 Å². The van der Waals surface area contributed by atoms with Crippen LogP contribution in [0.5, 0.6) is 0 Å². The summed E-state index contributed by atoms with van der Waals surface area (Å²) in [5, 5.41) is 6.59. The van der Waals surface area contributed by atoms with Crippen LogP contribution < -0.4 is 10.2 Å². The van der Waals surface area contributed by atoms with Crippen LogP contribution in [0.4, 0.5) is 5.95 Å². The maximum absolute atomic E-state index is 12.7. The van der Waals surface area contributed by atoms with Gasteiger partial charge in [-0.15, -0.1) is 0 Å². The van der Waals surface area contributed by atoms with Crippen molar-refractivity contribution in [1.82, 2.24) is 20.2 Å². The fourth-order valence-electron chi connectivity index (χ4n) is 3.19. The summed E-state index contributed by atoms with van der Waals surface area (Å²) >= 11 is 1.51. The number of thiophene rings is 1. The van der Waals surface area contributed by atoms with Crippen molar-refractivity contribution >= 4 is 29.1 Å². The average molecular weight is 404 g/mol. The molecular weight excluding hydrogens is 378 g/mol. The van der Waals surface area contributed by atoms with E-state index in [0.717, 1.165) is 6.42 Å². The van der Waals surface area contributed by atoms with Gasteiger partial charge in [0.05, 0.1) is 23.4 Å². The number of carbonyl (C=O) groups is 2. The Morgan fingerprint density at radius 1 is 1.43 bits per heavy atom. The number of likely N-dealkylation sites (tertiary alicyclic amines) is 1. The number of hydrogen-bond acceptors (Lipinski definition) is 7. The van der Waals surface area contributed by atoms with Crippen molar-refractivity contribution in [3.8, 4) is 0 Å². The molecule has 2 amide bonds. The average Bonchev–Trinajstić information content (AvgIpc) is 3.39. The smallest absolute Gasteiger partial charge is 0.254 e. The van der Waals surface area contributed by atoms with E-state index in [1.54, 1.807) is 18.2 Å². The van der Waals surface area contributed by atoms with Crippen molar-refractivity contribution in [3.05, 3.63) is 39.8 Å². The molecule has 2 aromatic rings. The number of nitrogens with zero attached hydrogens (tertiary/aromatic N) is 4. The Kier molecular flexibility index (Phi) is 6.58. The molecule has 1 aliphatic rings. The fourth-order valence-corrected chi connectivity index (χ4v) is 3.82. The predicted molar refractivity (Wildman–Crippen MR) is 108 cm³/mol. The Hall–Kier alpha value is -2.52. The van der Waals surface area contributed by atoms with Gasteiger partial charge in [0.25, 0.3) is 11.8 Å². The monoisotopic (exact) mass is 403 g/mol. The molecule has 0 aliphatic carbocycles. The number of anilines is 1. The van der Waals surface area contributed by atoms with E-state index in [1.807, 2.05) is 35.8 Å². The third-order valence-electron chi connectivity index (χ3n) is 4.67. The Morgan fingerprint density at radius 3 is 2.93 bits per heavy atom. The molecule has 28 heavy (non-hydrogen) atoms. The van der Waals surface area contributed by atoms with Crippen LogP contribution >= 0.6 is 11.3 Å². The summed E-state index contributed by atoms with van der Waals surface area (Å²) < 4.78 is 4.99. The highest BCUT2D eigenvalue weighted by Gasteiger charge is 2.32. The van der Waals surface area contributed by atoms with Gasteiger partial charge in [0.2, 0.25) is 5.95 Å². The van der Waals surface area contributed by atoms with E-state index in [1.165, 1.54) is 11.3 Å². The number of hydrogen-bond donors (Lipinski definition) is 1. The molecule has 0 spiro atoms. The summed E-state index contributed by atoms with van der Waals surface area (Å²) in [5.41, 5.74) is 1.85. The van der Waals surface area contributed by atoms with Gasteiger partial charge in [-0.2, -0.15) is 11.3 Å². The lowest BCUT2D eigenvalue weighted by molar-refractivity contribution is 0.0791. The lowest BCUT2D eigenvalue weighted by Gasteiger charge is -2.19. The Morgan fingerprint density at radius 2 is 2.25 bits per heavy atom. The minimum absolute atomic E-state index is 0.00698. The van der Waals surface area contributed by atoms with Gasteiger partial charge in [-0.3, -0.25) is 9.59 Å². The zero-order chi connectivity index (χ0) is 20.1. The molecule has 1 N–H and O–H groups in total. The lowest BCUT2D eigenvalue weighted by atomic mass is 9.99. The van der Waals surface area contributed by atoms with Crippen LogP contribution in [0.3, 0.4) is 0 Å². The first-order valence-electron chi connectivity index (χ1n) is 9.14. The van der Waals surface area contributed by atoms with E-state index < -0.39 is 0 Å². The topological polar surface area (TPSA) is 87.7 Å². The molecular formula is C19H25N5O3S. The van der Waals surface area contributed by atoms with Crippen molar-refractivity contribution in [2.45, 2.75) is 12.3 Å². The minimum Gasteiger partial charge on any atom is -0.383 e. The van der Waals surface area contributed by atoms with Gasteiger partial charge in [-0.1, -0.05) is 0 Å². The van der Waals surface area contributed by atoms with Gasteiger partial charge in [-0.05, 0) is 17.9 Å². The molecule has 0 radical (unpaired) electrons.